The predicted molar refractivity (Wildman–Crippen MR) is 161 cm³/mol. The lowest BCUT2D eigenvalue weighted by Crippen LogP contribution is -2.49. The average molecular weight is 629 g/mol. The Morgan fingerprint density at radius 3 is 2.40 bits per heavy atom. The van der Waals surface area contributed by atoms with Crippen LogP contribution in [-0.4, -0.2) is 97.1 Å². The monoisotopic (exact) mass is 628 g/mol. The number of nitrogens with zero attached hydrogens (tertiary/aromatic N) is 4. The first-order valence-electron chi connectivity index (χ1n) is 14.6. The highest BCUT2D eigenvalue weighted by molar-refractivity contribution is 5.94. The molecule has 0 aliphatic carbocycles. The third-order valence-corrected chi connectivity index (χ3v) is 6.86. The van der Waals surface area contributed by atoms with Crippen LogP contribution in [0.15, 0.2) is 60.7 Å². The van der Waals surface area contributed by atoms with Crippen molar-refractivity contribution in [2.45, 2.75) is 18.8 Å². The Kier molecular flexibility index (Phi) is 11.0. The molecule has 240 valence electrons. The van der Waals surface area contributed by atoms with Crippen molar-refractivity contribution in [1.82, 2.24) is 30.5 Å². The highest BCUT2D eigenvalue weighted by atomic mass is 19.4. The van der Waals surface area contributed by atoms with Crippen molar-refractivity contribution in [2.75, 3.05) is 69.7 Å². The number of anilines is 3. The zero-order chi connectivity index (χ0) is 31.5. The number of carbonyl (C=O) groups excluding carboxylic acids is 1. The van der Waals surface area contributed by atoms with Gasteiger partial charge in [0.15, 0.2) is 6.61 Å². The Bertz CT molecular complexity index is 1420. The van der Waals surface area contributed by atoms with Crippen LogP contribution in [0.1, 0.15) is 15.9 Å². The van der Waals surface area contributed by atoms with Crippen LogP contribution in [0.3, 0.4) is 0 Å². The fourth-order valence-electron chi connectivity index (χ4n) is 4.56. The summed E-state index contributed by atoms with van der Waals surface area (Å²) in [6, 6.07) is 13.4. The van der Waals surface area contributed by atoms with Crippen LogP contribution < -0.4 is 30.7 Å². The van der Waals surface area contributed by atoms with Crippen LogP contribution in [0.25, 0.3) is 0 Å². The largest absolute Gasteiger partial charge is 0.490 e. The van der Waals surface area contributed by atoms with Gasteiger partial charge in [-0.1, -0.05) is 18.2 Å². The minimum absolute atomic E-state index is 0.0122. The number of piperazine rings is 1. The highest BCUT2D eigenvalue weighted by Crippen LogP contribution is 2.21. The first-order chi connectivity index (χ1) is 21.8. The van der Waals surface area contributed by atoms with Crippen molar-refractivity contribution in [3.63, 3.8) is 0 Å². The van der Waals surface area contributed by atoms with E-state index in [9.17, 15) is 18.0 Å². The molecule has 5 aliphatic heterocycles. The molecule has 8 rings (SSSR count). The lowest BCUT2D eigenvalue weighted by molar-refractivity contribution is -0.154. The third-order valence-electron chi connectivity index (χ3n) is 6.86. The zero-order valence-corrected chi connectivity index (χ0v) is 24.5. The van der Waals surface area contributed by atoms with Gasteiger partial charge in [-0.05, 0) is 48.0 Å². The number of benzene rings is 2. The van der Waals surface area contributed by atoms with Gasteiger partial charge in [-0.25, -0.2) is 0 Å². The normalized spacial score (nSPS) is 19.4. The Morgan fingerprint density at radius 1 is 0.911 bits per heavy atom. The van der Waals surface area contributed by atoms with E-state index in [-0.39, 0.29) is 30.5 Å². The maximum atomic E-state index is 13.0. The molecule has 2 aromatic carbocycles. The molecule has 1 amide bonds. The van der Waals surface area contributed by atoms with Crippen molar-refractivity contribution in [1.29, 1.82) is 0 Å². The number of aromatic nitrogens is 3. The molecule has 12 nitrogen and oxygen atoms in total. The van der Waals surface area contributed by atoms with Gasteiger partial charge in [0, 0.05) is 57.1 Å². The van der Waals surface area contributed by atoms with E-state index < -0.39 is 18.8 Å². The Labute approximate surface area is 258 Å². The second-order valence-corrected chi connectivity index (χ2v) is 10.4. The molecule has 1 atom stereocenters. The van der Waals surface area contributed by atoms with Gasteiger partial charge in [0.2, 0.25) is 11.9 Å². The number of alkyl halides is 3. The van der Waals surface area contributed by atoms with Crippen molar-refractivity contribution in [2.24, 2.45) is 0 Å². The number of ether oxygens (including phenoxy) is 3. The van der Waals surface area contributed by atoms with Crippen molar-refractivity contribution in [3.8, 4) is 11.8 Å². The van der Waals surface area contributed by atoms with Crippen LogP contribution in [-0.2, 0) is 11.3 Å². The number of amides is 1. The summed E-state index contributed by atoms with van der Waals surface area (Å²) >= 11 is 0. The van der Waals surface area contributed by atoms with E-state index >= 15 is 0 Å². The van der Waals surface area contributed by atoms with Crippen molar-refractivity contribution < 1.29 is 32.2 Å². The standard InChI is InChI=1S/C30H35F3N8O4/c31-30(32,33)20-45-29-39-27-36-17-21-3-9-24(10-4-21)43-15-1-2-16-44-25(19-41-13-11-34-12-14-41)18-35-26(42)22-5-7-23(8-6-22)37-28(38-27)40-29/h1-10,25,34H,11-20H2,(H,35,42)(H2,36,37,38,39,40)/b2-1+/t25-/m0/s1. The van der Waals surface area contributed by atoms with Crippen molar-refractivity contribution in [3.05, 3.63) is 71.8 Å². The molecule has 6 heterocycles. The molecule has 0 saturated carbocycles. The van der Waals surface area contributed by atoms with Gasteiger partial charge >= 0.3 is 12.2 Å². The van der Waals surface area contributed by atoms with E-state index in [2.05, 4.69) is 41.1 Å². The number of hydrogen-bond acceptors (Lipinski definition) is 11. The quantitative estimate of drug-likeness (QED) is 0.318. The predicted octanol–water partition coefficient (Wildman–Crippen LogP) is 3.14. The maximum absolute atomic E-state index is 13.0. The third kappa shape index (κ3) is 10.6. The summed E-state index contributed by atoms with van der Waals surface area (Å²) in [5.74, 6) is 0.367. The minimum atomic E-state index is -4.57. The summed E-state index contributed by atoms with van der Waals surface area (Å²) < 4.78 is 55.2. The van der Waals surface area contributed by atoms with Crippen LogP contribution in [0.5, 0.6) is 11.8 Å². The molecule has 5 aliphatic rings. The average Bonchev–Trinajstić information content (AvgIpc) is 3.03. The van der Waals surface area contributed by atoms with Gasteiger partial charge in [-0.15, -0.1) is 0 Å². The molecule has 1 aromatic heterocycles. The van der Waals surface area contributed by atoms with E-state index in [0.29, 0.717) is 43.3 Å². The highest BCUT2D eigenvalue weighted by Gasteiger charge is 2.29. The van der Waals surface area contributed by atoms with E-state index in [4.69, 9.17) is 14.2 Å². The Balaban J connectivity index is 1.34. The van der Waals surface area contributed by atoms with E-state index in [1.807, 2.05) is 36.4 Å². The second kappa shape index (κ2) is 15.5. The Hall–Kier alpha value is -4.47. The van der Waals surface area contributed by atoms with Gasteiger partial charge in [0.1, 0.15) is 12.4 Å². The molecule has 0 spiro atoms. The number of carbonyl (C=O) groups is 1. The lowest BCUT2D eigenvalue weighted by atomic mass is 10.2. The molecule has 0 unspecified atom stereocenters. The molecule has 15 heteroatoms. The second-order valence-electron chi connectivity index (χ2n) is 10.4. The van der Waals surface area contributed by atoms with Crippen molar-refractivity contribution >= 4 is 23.5 Å². The number of nitrogens with one attached hydrogen (secondary N) is 4. The smallest absolute Gasteiger partial charge is 0.422 e. The van der Waals surface area contributed by atoms with Gasteiger partial charge in [0.25, 0.3) is 5.91 Å². The fourth-order valence-corrected chi connectivity index (χ4v) is 4.56. The summed E-state index contributed by atoms with van der Waals surface area (Å²) in [5, 5.41) is 12.2. The molecule has 4 N–H and O–H groups in total. The SMILES string of the molecule is O=C1NC[C@@H](CN2CCNCC2)OC/C=C/COc2ccc(cc2)CNc2nc(nc(OCC(F)(F)F)n2)Nc2ccc1cc2. The summed E-state index contributed by atoms with van der Waals surface area (Å²) in [4.78, 5) is 27.5. The summed E-state index contributed by atoms with van der Waals surface area (Å²) in [6.45, 7) is 4.05. The molecule has 1 saturated heterocycles. The van der Waals surface area contributed by atoms with Gasteiger partial charge in [-0.2, -0.15) is 28.1 Å². The first-order valence-corrected chi connectivity index (χ1v) is 14.6. The molecule has 1 fully saturated rings. The molecular weight excluding hydrogens is 593 g/mol. The van der Waals surface area contributed by atoms with Gasteiger partial charge < -0.3 is 35.5 Å². The van der Waals surface area contributed by atoms with E-state index in [1.54, 1.807) is 24.3 Å². The van der Waals surface area contributed by atoms with Crippen LogP contribution in [0, 0.1) is 0 Å². The molecular formula is C30H35F3N8O4. The van der Waals surface area contributed by atoms with Gasteiger partial charge in [-0.3, -0.25) is 9.69 Å². The number of rotatable bonds is 4. The van der Waals surface area contributed by atoms with Gasteiger partial charge in [0.05, 0.1) is 12.7 Å². The molecule has 3 aromatic rings. The summed E-state index contributed by atoms with van der Waals surface area (Å²) in [5.41, 5.74) is 1.78. The zero-order valence-electron chi connectivity index (χ0n) is 24.5. The number of halogens is 3. The topological polar surface area (TPSA) is 135 Å². The fraction of sp³-hybridized carbons (Fsp3) is 0.400. The Morgan fingerprint density at radius 2 is 1.64 bits per heavy atom. The molecule has 45 heavy (non-hydrogen) atoms. The van der Waals surface area contributed by atoms with Crippen LogP contribution >= 0.6 is 0 Å². The molecule has 6 bridgehead atoms. The summed E-state index contributed by atoms with van der Waals surface area (Å²) in [6.07, 6.45) is -1.03. The van der Waals surface area contributed by atoms with E-state index in [0.717, 1.165) is 31.7 Å². The summed E-state index contributed by atoms with van der Waals surface area (Å²) in [7, 11) is 0. The minimum Gasteiger partial charge on any atom is -0.490 e. The van der Waals surface area contributed by atoms with Crippen LogP contribution in [0.2, 0.25) is 0 Å². The van der Waals surface area contributed by atoms with E-state index in [1.165, 1.54) is 0 Å². The molecule has 0 radical (unpaired) electrons. The van der Waals surface area contributed by atoms with Crippen LogP contribution in [0.4, 0.5) is 30.8 Å². The number of hydrogen-bond donors (Lipinski definition) is 4. The first kappa shape index (κ1) is 31.9. The lowest BCUT2D eigenvalue weighted by Gasteiger charge is -2.30. The maximum Gasteiger partial charge on any atom is 0.422 e.